The van der Waals surface area contributed by atoms with E-state index in [9.17, 15) is 19.8 Å². The van der Waals surface area contributed by atoms with Gasteiger partial charge in [0.2, 0.25) is 5.91 Å². The maximum absolute atomic E-state index is 12.3. The predicted octanol–water partition coefficient (Wildman–Crippen LogP) is 5.71. The fraction of sp³-hybridized carbons (Fsp3) is 0.862. The average molecular weight is 494 g/mol. The number of aliphatic hydroxyl groups is 2. The van der Waals surface area contributed by atoms with Crippen molar-refractivity contribution in [1.29, 1.82) is 0 Å². The minimum Gasteiger partial charge on any atom is -0.481 e. The number of aliphatic carboxylic acids is 1. The van der Waals surface area contributed by atoms with E-state index >= 15 is 0 Å². The van der Waals surface area contributed by atoms with Crippen LogP contribution in [0.2, 0.25) is 0 Å². The Morgan fingerprint density at radius 1 is 0.943 bits per heavy atom. The smallest absolute Gasteiger partial charge is 0.303 e. The topological polar surface area (TPSA) is 98.1 Å². The van der Waals surface area contributed by atoms with Gasteiger partial charge in [-0.15, -0.1) is 0 Å². The highest BCUT2D eigenvalue weighted by molar-refractivity contribution is 5.76. The highest BCUT2D eigenvalue weighted by Crippen LogP contribution is 2.38. The normalized spacial score (nSPS) is 24.2. The van der Waals surface area contributed by atoms with Gasteiger partial charge in [-0.05, 0) is 75.0 Å². The van der Waals surface area contributed by atoms with Crippen LogP contribution < -0.4 is 0 Å². The monoisotopic (exact) mass is 493 g/mol. The molecule has 1 saturated heterocycles. The van der Waals surface area contributed by atoms with Crippen molar-refractivity contribution in [2.24, 2.45) is 17.3 Å². The van der Waals surface area contributed by atoms with E-state index in [1.54, 1.807) is 0 Å². The number of likely N-dealkylation sites (tertiary alicyclic amines) is 1. The van der Waals surface area contributed by atoms with Gasteiger partial charge in [0.1, 0.15) is 0 Å². The van der Waals surface area contributed by atoms with Crippen LogP contribution in [0.5, 0.6) is 0 Å². The molecule has 0 aromatic carbocycles. The summed E-state index contributed by atoms with van der Waals surface area (Å²) >= 11 is 0. The fourth-order valence-electron chi connectivity index (χ4n) is 5.72. The number of hydrogen-bond acceptors (Lipinski definition) is 4. The SMILES string of the molecule is CC(C)(CCCCCC(=O)N1CCCCC1)C(O)C=CC1CCC(O)C1CCCCCCC(=O)O. The molecule has 0 aromatic rings. The summed E-state index contributed by atoms with van der Waals surface area (Å²) in [6.45, 7) is 6.07. The lowest BCUT2D eigenvalue weighted by molar-refractivity contribution is -0.137. The van der Waals surface area contributed by atoms with Crippen molar-refractivity contribution in [2.45, 2.75) is 129 Å². The van der Waals surface area contributed by atoms with Gasteiger partial charge in [0.25, 0.3) is 0 Å². The van der Waals surface area contributed by atoms with Crippen LogP contribution in [0.15, 0.2) is 12.2 Å². The number of hydrogen-bond donors (Lipinski definition) is 3. The number of amides is 1. The molecule has 2 fully saturated rings. The number of piperidine rings is 1. The quantitative estimate of drug-likeness (QED) is 0.189. The van der Waals surface area contributed by atoms with Gasteiger partial charge in [-0.3, -0.25) is 9.59 Å². The van der Waals surface area contributed by atoms with E-state index in [-0.39, 0.29) is 23.9 Å². The zero-order valence-corrected chi connectivity index (χ0v) is 22.3. The number of allylic oxidation sites excluding steroid dienone is 1. The molecule has 1 heterocycles. The van der Waals surface area contributed by atoms with E-state index < -0.39 is 12.1 Å². The molecule has 0 spiro atoms. The van der Waals surface area contributed by atoms with E-state index in [0.29, 0.717) is 18.2 Å². The van der Waals surface area contributed by atoms with Crippen molar-refractivity contribution in [1.82, 2.24) is 4.90 Å². The molecule has 6 heteroatoms. The van der Waals surface area contributed by atoms with Crippen molar-refractivity contribution in [3.8, 4) is 0 Å². The molecule has 0 radical (unpaired) electrons. The third-order valence-electron chi connectivity index (χ3n) is 8.28. The molecule has 6 nitrogen and oxygen atoms in total. The van der Waals surface area contributed by atoms with E-state index in [4.69, 9.17) is 5.11 Å². The Hall–Kier alpha value is -1.40. The lowest BCUT2D eigenvalue weighted by Crippen LogP contribution is -2.35. The van der Waals surface area contributed by atoms with Crippen molar-refractivity contribution in [3.05, 3.63) is 12.2 Å². The first kappa shape index (κ1) is 29.8. The molecule has 202 valence electrons. The summed E-state index contributed by atoms with van der Waals surface area (Å²) in [6.07, 6.45) is 18.0. The number of rotatable bonds is 16. The van der Waals surface area contributed by atoms with Gasteiger partial charge in [-0.2, -0.15) is 0 Å². The summed E-state index contributed by atoms with van der Waals surface area (Å²) < 4.78 is 0. The fourth-order valence-corrected chi connectivity index (χ4v) is 5.72. The molecule has 0 bridgehead atoms. The molecule has 2 aliphatic rings. The number of carboxylic acids is 1. The van der Waals surface area contributed by atoms with Crippen LogP contribution in [0.25, 0.3) is 0 Å². The zero-order chi connectivity index (χ0) is 25.7. The first-order valence-electron chi connectivity index (χ1n) is 14.2. The van der Waals surface area contributed by atoms with Gasteiger partial charge in [0, 0.05) is 25.9 Å². The first-order valence-corrected chi connectivity index (χ1v) is 14.2. The van der Waals surface area contributed by atoms with Gasteiger partial charge in [-0.25, -0.2) is 0 Å². The zero-order valence-electron chi connectivity index (χ0n) is 22.3. The minimum atomic E-state index is -0.731. The van der Waals surface area contributed by atoms with Gasteiger partial charge >= 0.3 is 5.97 Å². The van der Waals surface area contributed by atoms with Crippen molar-refractivity contribution in [2.75, 3.05) is 13.1 Å². The Kier molecular flexibility index (Phi) is 13.3. The van der Waals surface area contributed by atoms with Crippen LogP contribution in [0.3, 0.4) is 0 Å². The van der Waals surface area contributed by atoms with Gasteiger partial charge < -0.3 is 20.2 Å². The number of carbonyl (C=O) groups is 2. The molecular formula is C29H51NO5. The number of carbonyl (C=O) groups excluding carboxylic acids is 1. The Balaban J connectivity index is 1.66. The van der Waals surface area contributed by atoms with Crippen LogP contribution >= 0.6 is 0 Å². The summed E-state index contributed by atoms with van der Waals surface area (Å²) in [5, 5.41) is 30.0. The molecule has 4 atom stereocenters. The second kappa shape index (κ2) is 15.7. The number of unbranched alkanes of at least 4 members (excludes halogenated alkanes) is 5. The molecule has 0 aromatic heterocycles. The third kappa shape index (κ3) is 11.0. The van der Waals surface area contributed by atoms with Crippen LogP contribution in [0.4, 0.5) is 0 Å². The number of nitrogens with zero attached hydrogens (tertiary/aromatic N) is 1. The average Bonchev–Trinajstić information content (AvgIpc) is 3.18. The number of carboxylic acid groups (broad SMARTS) is 1. The Labute approximate surface area is 213 Å². The highest BCUT2D eigenvalue weighted by Gasteiger charge is 2.33. The summed E-state index contributed by atoms with van der Waals surface area (Å²) in [5.74, 6) is 0.111. The molecular weight excluding hydrogens is 442 g/mol. The van der Waals surface area contributed by atoms with Crippen molar-refractivity contribution < 1.29 is 24.9 Å². The van der Waals surface area contributed by atoms with E-state index in [1.165, 1.54) is 6.42 Å². The molecule has 4 unspecified atom stereocenters. The number of aliphatic hydroxyl groups excluding tert-OH is 2. The third-order valence-corrected chi connectivity index (χ3v) is 8.28. The van der Waals surface area contributed by atoms with E-state index in [2.05, 4.69) is 19.9 Å². The molecule has 1 aliphatic carbocycles. The van der Waals surface area contributed by atoms with E-state index in [0.717, 1.165) is 96.6 Å². The van der Waals surface area contributed by atoms with Crippen LogP contribution in [-0.2, 0) is 9.59 Å². The summed E-state index contributed by atoms with van der Waals surface area (Å²) in [5.41, 5.74) is -0.218. The van der Waals surface area contributed by atoms with Crippen LogP contribution in [0.1, 0.15) is 117 Å². The minimum absolute atomic E-state index is 0.218. The standard InChI is InChI=1S/C29H51NO5/c1-29(2,20-10-5-8-14-27(33)30-21-11-6-12-22-30)26(32)19-17-23-16-18-25(31)24(23)13-7-3-4-9-15-28(34)35/h17,19,23-26,31-32H,3-16,18,20-22H2,1-2H3,(H,34,35). The van der Waals surface area contributed by atoms with Crippen molar-refractivity contribution >= 4 is 11.9 Å². The predicted molar refractivity (Wildman–Crippen MR) is 140 cm³/mol. The molecule has 1 amide bonds. The highest BCUT2D eigenvalue weighted by atomic mass is 16.4. The molecule has 1 saturated carbocycles. The van der Waals surface area contributed by atoms with Crippen molar-refractivity contribution in [3.63, 3.8) is 0 Å². The molecule has 2 rings (SSSR count). The Bertz CT molecular complexity index is 655. The lowest BCUT2D eigenvalue weighted by atomic mass is 9.80. The van der Waals surface area contributed by atoms with Gasteiger partial charge in [0.15, 0.2) is 0 Å². The van der Waals surface area contributed by atoms with Gasteiger partial charge in [-0.1, -0.05) is 58.1 Å². The maximum Gasteiger partial charge on any atom is 0.303 e. The second-order valence-electron chi connectivity index (χ2n) is 11.6. The lowest BCUT2D eigenvalue weighted by Gasteiger charge is -2.29. The summed E-state index contributed by atoms with van der Waals surface area (Å²) in [7, 11) is 0. The second-order valence-corrected chi connectivity index (χ2v) is 11.6. The molecule has 35 heavy (non-hydrogen) atoms. The largest absolute Gasteiger partial charge is 0.481 e. The summed E-state index contributed by atoms with van der Waals surface area (Å²) in [4.78, 5) is 24.9. The van der Waals surface area contributed by atoms with Crippen LogP contribution in [0, 0.1) is 17.3 Å². The summed E-state index contributed by atoms with van der Waals surface area (Å²) in [6, 6.07) is 0. The Morgan fingerprint density at radius 2 is 1.60 bits per heavy atom. The molecule has 1 aliphatic heterocycles. The van der Waals surface area contributed by atoms with Crippen LogP contribution in [-0.4, -0.2) is 57.4 Å². The van der Waals surface area contributed by atoms with E-state index in [1.807, 2.05) is 11.0 Å². The first-order chi connectivity index (χ1) is 16.7. The van der Waals surface area contributed by atoms with Gasteiger partial charge in [0.05, 0.1) is 12.2 Å². The maximum atomic E-state index is 12.3. The Morgan fingerprint density at radius 3 is 2.31 bits per heavy atom. The molecule has 3 N–H and O–H groups in total.